The number of carbonyl (C=O) groups is 1. The van der Waals surface area contributed by atoms with Gasteiger partial charge in [-0.05, 0) is 39.5 Å². The van der Waals surface area contributed by atoms with Crippen LogP contribution in [0.4, 0.5) is 4.79 Å². The van der Waals surface area contributed by atoms with E-state index < -0.39 is 15.4 Å². The fourth-order valence-electron chi connectivity index (χ4n) is 2.54. The van der Waals surface area contributed by atoms with E-state index in [9.17, 15) is 13.2 Å². The molecule has 0 N–H and O–H groups in total. The van der Waals surface area contributed by atoms with Crippen LogP contribution in [0, 0.1) is 5.92 Å². The third-order valence-electron chi connectivity index (χ3n) is 3.48. The first kappa shape index (κ1) is 17.7. The lowest BCUT2D eigenvalue weighted by atomic mass is 10.0. The second-order valence-electron chi connectivity index (χ2n) is 6.76. The Morgan fingerprint density at radius 1 is 1.39 bits per heavy atom. The fourth-order valence-corrected chi connectivity index (χ4v) is 4.04. The minimum Gasteiger partial charge on any atom is -0.444 e. The molecule has 1 fully saturated rings. The molecular weight excluding hydrogens is 318 g/mol. The van der Waals surface area contributed by atoms with E-state index in [1.165, 1.54) is 18.6 Å². The largest absolute Gasteiger partial charge is 0.444 e. The number of likely N-dealkylation sites (tertiary alicyclic amines) is 1. The molecule has 2 heterocycles. The van der Waals surface area contributed by atoms with Crippen LogP contribution in [-0.2, 0) is 14.6 Å². The number of rotatable bonds is 3. The van der Waals surface area contributed by atoms with Crippen LogP contribution in [-0.4, -0.2) is 53.8 Å². The monoisotopic (exact) mass is 341 g/mol. The van der Waals surface area contributed by atoms with Gasteiger partial charge in [0.15, 0.2) is 14.9 Å². The average molecular weight is 341 g/mol. The summed E-state index contributed by atoms with van der Waals surface area (Å²) < 4.78 is 30.1. The van der Waals surface area contributed by atoms with Crippen molar-refractivity contribution in [1.82, 2.24) is 14.9 Å². The van der Waals surface area contributed by atoms with E-state index in [1.54, 1.807) is 4.90 Å². The fraction of sp³-hybridized carbons (Fsp3) is 0.667. The first-order valence-corrected chi connectivity index (χ1v) is 9.29. The van der Waals surface area contributed by atoms with E-state index in [4.69, 9.17) is 4.74 Å². The summed E-state index contributed by atoms with van der Waals surface area (Å²) in [5.41, 5.74) is -0.560. The van der Waals surface area contributed by atoms with E-state index in [2.05, 4.69) is 9.97 Å². The van der Waals surface area contributed by atoms with Crippen LogP contribution >= 0.6 is 0 Å². The van der Waals surface area contributed by atoms with E-state index in [1.807, 2.05) is 20.8 Å². The molecule has 0 aliphatic carbocycles. The predicted octanol–water partition coefficient (Wildman–Crippen LogP) is 1.90. The third kappa shape index (κ3) is 5.16. The molecule has 1 aliphatic rings. The lowest BCUT2D eigenvalue weighted by Crippen LogP contribution is -2.44. The minimum absolute atomic E-state index is 0.0191. The van der Waals surface area contributed by atoms with Gasteiger partial charge >= 0.3 is 6.09 Å². The van der Waals surface area contributed by atoms with Crippen LogP contribution < -0.4 is 0 Å². The van der Waals surface area contributed by atoms with E-state index in [0.717, 1.165) is 12.8 Å². The third-order valence-corrected chi connectivity index (χ3v) is 5.24. The van der Waals surface area contributed by atoms with Crippen molar-refractivity contribution in [3.8, 4) is 0 Å². The molecule has 23 heavy (non-hydrogen) atoms. The molecule has 8 heteroatoms. The molecule has 0 spiro atoms. The summed E-state index contributed by atoms with van der Waals surface area (Å²) >= 11 is 0. The second-order valence-corrected chi connectivity index (χ2v) is 8.74. The van der Waals surface area contributed by atoms with Crippen molar-refractivity contribution in [3.63, 3.8) is 0 Å². The zero-order chi connectivity index (χ0) is 17.1. The number of nitrogens with zero attached hydrogens (tertiary/aromatic N) is 3. The number of carbonyl (C=O) groups excluding carboxylic acids is 1. The SMILES string of the molecule is CC(C)(C)OC(=O)N1CCC[C@@H](CS(=O)(=O)c2cnccn2)C1. The number of sulfone groups is 1. The first-order chi connectivity index (χ1) is 10.7. The molecule has 2 rings (SSSR count). The summed E-state index contributed by atoms with van der Waals surface area (Å²) in [4.78, 5) is 21.4. The molecule has 1 aliphatic heterocycles. The van der Waals surface area contributed by atoms with Crippen LogP contribution in [0.15, 0.2) is 23.6 Å². The molecule has 1 aromatic heterocycles. The van der Waals surface area contributed by atoms with Gasteiger partial charge in [-0.25, -0.2) is 18.2 Å². The van der Waals surface area contributed by atoms with Gasteiger partial charge in [-0.3, -0.25) is 4.98 Å². The molecule has 128 valence electrons. The molecule has 7 nitrogen and oxygen atoms in total. The number of hydrogen-bond acceptors (Lipinski definition) is 6. The van der Waals surface area contributed by atoms with Gasteiger partial charge in [0.05, 0.1) is 11.9 Å². The van der Waals surface area contributed by atoms with Gasteiger partial charge in [-0.1, -0.05) is 0 Å². The molecule has 1 aromatic rings. The second kappa shape index (κ2) is 6.82. The highest BCUT2D eigenvalue weighted by atomic mass is 32.2. The summed E-state index contributed by atoms with van der Waals surface area (Å²) in [6, 6.07) is 0. The van der Waals surface area contributed by atoms with Crippen LogP contribution in [0.5, 0.6) is 0 Å². The number of aromatic nitrogens is 2. The van der Waals surface area contributed by atoms with Crippen LogP contribution in [0.25, 0.3) is 0 Å². The molecule has 0 aromatic carbocycles. The quantitative estimate of drug-likeness (QED) is 0.834. The van der Waals surface area contributed by atoms with E-state index in [0.29, 0.717) is 13.1 Å². The van der Waals surface area contributed by atoms with Gasteiger partial charge in [0.25, 0.3) is 0 Å². The Balaban J connectivity index is 2.00. The zero-order valence-corrected chi connectivity index (χ0v) is 14.5. The lowest BCUT2D eigenvalue weighted by Gasteiger charge is -2.33. The highest BCUT2D eigenvalue weighted by molar-refractivity contribution is 7.91. The normalized spacial score (nSPS) is 19.4. The Kier molecular flexibility index (Phi) is 5.23. The van der Waals surface area contributed by atoms with Gasteiger partial charge in [-0.15, -0.1) is 0 Å². The van der Waals surface area contributed by atoms with Gasteiger partial charge in [-0.2, -0.15) is 0 Å². The molecule has 0 saturated carbocycles. The highest BCUT2D eigenvalue weighted by Gasteiger charge is 2.31. The van der Waals surface area contributed by atoms with Gasteiger partial charge in [0, 0.05) is 25.5 Å². The highest BCUT2D eigenvalue weighted by Crippen LogP contribution is 2.22. The summed E-state index contributed by atoms with van der Waals surface area (Å²) in [5, 5.41) is -0.0191. The summed E-state index contributed by atoms with van der Waals surface area (Å²) in [6.45, 7) is 6.41. The maximum absolute atomic E-state index is 12.4. The smallest absolute Gasteiger partial charge is 0.410 e. The van der Waals surface area contributed by atoms with Crippen molar-refractivity contribution < 1.29 is 17.9 Å². The van der Waals surface area contributed by atoms with Gasteiger partial charge in [0.1, 0.15) is 5.60 Å². The van der Waals surface area contributed by atoms with Crippen LogP contribution in [0.1, 0.15) is 33.6 Å². The summed E-state index contributed by atoms with van der Waals surface area (Å²) in [6.07, 6.45) is 5.19. The number of ether oxygens (including phenoxy) is 1. The topological polar surface area (TPSA) is 89.5 Å². The molecule has 0 bridgehead atoms. The first-order valence-electron chi connectivity index (χ1n) is 7.64. The standard InChI is InChI=1S/C15H23N3O4S/c1-15(2,3)22-14(19)18-8-4-5-12(10-18)11-23(20,21)13-9-16-6-7-17-13/h6-7,9,12H,4-5,8,10-11H2,1-3H3/t12-/m1/s1. The maximum atomic E-state index is 12.4. The van der Waals surface area contributed by atoms with E-state index in [-0.39, 0.29) is 22.8 Å². The Hall–Kier alpha value is -1.70. The van der Waals surface area contributed by atoms with Crippen LogP contribution in [0.3, 0.4) is 0 Å². The zero-order valence-electron chi connectivity index (χ0n) is 13.7. The van der Waals surface area contributed by atoms with Crippen molar-refractivity contribution >= 4 is 15.9 Å². The maximum Gasteiger partial charge on any atom is 0.410 e. The minimum atomic E-state index is -3.50. The van der Waals surface area contributed by atoms with Gasteiger partial charge in [0.2, 0.25) is 0 Å². The Morgan fingerprint density at radius 2 is 2.13 bits per heavy atom. The molecule has 1 saturated heterocycles. The Morgan fingerprint density at radius 3 is 2.74 bits per heavy atom. The molecule has 0 unspecified atom stereocenters. The van der Waals surface area contributed by atoms with Crippen molar-refractivity contribution in [3.05, 3.63) is 18.6 Å². The van der Waals surface area contributed by atoms with Crippen molar-refractivity contribution in [2.24, 2.45) is 5.92 Å². The molecule has 1 atom stereocenters. The molecular formula is C15H23N3O4S. The van der Waals surface area contributed by atoms with E-state index >= 15 is 0 Å². The van der Waals surface area contributed by atoms with Crippen LogP contribution in [0.2, 0.25) is 0 Å². The Labute approximate surface area is 137 Å². The van der Waals surface area contributed by atoms with Crippen molar-refractivity contribution in [2.75, 3.05) is 18.8 Å². The molecule has 0 radical (unpaired) electrons. The summed E-state index contributed by atoms with van der Waals surface area (Å²) in [5.74, 6) is -0.159. The predicted molar refractivity (Wildman–Crippen MR) is 84.6 cm³/mol. The van der Waals surface area contributed by atoms with Gasteiger partial charge < -0.3 is 9.64 Å². The lowest BCUT2D eigenvalue weighted by molar-refractivity contribution is 0.0176. The summed E-state index contributed by atoms with van der Waals surface area (Å²) in [7, 11) is -3.50. The van der Waals surface area contributed by atoms with Crippen molar-refractivity contribution in [2.45, 2.75) is 44.2 Å². The Bertz CT molecular complexity index is 640. The average Bonchev–Trinajstić information content (AvgIpc) is 2.46. The molecule has 1 amide bonds. The number of amides is 1. The number of hydrogen-bond donors (Lipinski definition) is 0. The van der Waals surface area contributed by atoms with Crippen molar-refractivity contribution in [1.29, 1.82) is 0 Å². The number of piperidine rings is 1.